The maximum Gasteiger partial charge on any atom is 0.321 e. The molecule has 0 unspecified atom stereocenters. The van der Waals surface area contributed by atoms with Crippen molar-refractivity contribution in [3.63, 3.8) is 0 Å². The van der Waals surface area contributed by atoms with E-state index in [1.165, 1.54) is 0 Å². The highest BCUT2D eigenvalue weighted by Gasteiger charge is 2.20. The van der Waals surface area contributed by atoms with Gasteiger partial charge in [-0.05, 0) is 24.3 Å². The Morgan fingerprint density at radius 1 is 1.18 bits per heavy atom. The molecule has 0 aromatic heterocycles. The van der Waals surface area contributed by atoms with E-state index in [-0.39, 0.29) is 12.3 Å². The molecule has 0 aliphatic carbocycles. The third-order valence-electron chi connectivity index (χ3n) is 2.24. The van der Waals surface area contributed by atoms with E-state index in [1.807, 2.05) is 0 Å². The van der Waals surface area contributed by atoms with Crippen LogP contribution in [-0.2, 0) is 9.59 Å². The van der Waals surface area contributed by atoms with Crippen molar-refractivity contribution >= 4 is 37.1 Å². The number of hydrogen-bond acceptors (Lipinski definition) is 5. The summed E-state index contributed by atoms with van der Waals surface area (Å²) in [5, 5.41) is 8.64. The van der Waals surface area contributed by atoms with Gasteiger partial charge in [0.15, 0.2) is 0 Å². The van der Waals surface area contributed by atoms with Gasteiger partial charge in [0.25, 0.3) is 0 Å². The Kier molecular flexibility index (Phi) is 9.39. The minimum Gasteiger partial charge on any atom is -0.480 e. The van der Waals surface area contributed by atoms with Crippen LogP contribution in [0.3, 0.4) is 0 Å². The van der Waals surface area contributed by atoms with Crippen LogP contribution >= 0.6 is 25.3 Å². The SMILES string of the molecule is N[C@@H](CC(=O)N(CCCS)CCCS)C(=O)O. The smallest absolute Gasteiger partial charge is 0.321 e. The second-order valence-electron chi connectivity index (χ2n) is 3.68. The quantitative estimate of drug-likeness (QED) is 0.456. The van der Waals surface area contributed by atoms with Gasteiger partial charge >= 0.3 is 5.97 Å². The number of thiol groups is 2. The zero-order chi connectivity index (χ0) is 13.3. The van der Waals surface area contributed by atoms with Crippen molar-refractivity contribution in [2.24, 2.45) is 5.73 Å². The summed E-state index contributed by atoms with van der Waals surface area (Å²) < 4.78 is 0. The highest BCUT2D eigenvalue weighted by Crippen LogP contribution is 2.02. The molecule has 0 rings (SSSR count). The number of carbonyl (C=O) groups excluding carboxylic acids is 1. The molecule has 0 radical (unpaired) electrons. The maximum absolute atomic E-state index is 11.8. The highest BCUT2D eigenvalue weighted by atomic mass is 32.1. The standard InChI is InChI=1S/C10H20N2O3S2/c11-8(10(14)15)7-9(13)12(3-1-5-16)4-2-6-17/h8,16-17H,1-7,11H2,(H,14,15)/t8-/m0/s1. The number of carbonyl (C=O) groups is 2. The van der Waals surface area contributed by atoms with E-state index in [2.05, 4.69) is 25.3 Å². The van der Waals surface area contributed by atoms with Gasteiger partial charge in [0.2, 0.25) is 5.91 Å². The van der Waals surface area contributed by atoms with Crippen LogP contribution in [0.1, 0.15) is 19.3 Å². The van der Waals surface area contributed by atoms with Crippen molar-refractivity contribution in [1.29, 1.82) is 0 Å². The van der Waals surface area contributed by atoms with Crippen LogP contribution in [0.2, 0.25) is 0 Å². The molecule has 0 bridgehead atoms. The third kappa shape index (κ3) is 7.51. The third-order valence-corrected chi connectivity index (χ3v) is 2.87. The average Bonchev–Trinajstić information content (AvgIpc) is 2.28. The van der Waals surface area contributed by atoms with Crippen LogP contribution in [0, 0.1) is 0 Å². The number of nitrogens with zero attached hydrogens (tertiary/aromatic N) is 1. The van der Waals surface area contributed by atoms with Crippen LogP contribution in [-0.4, -0.2) is 52.5 Å². The van der Waals surface area contributed by atoms with E-state index in [4.69, 9.17) is 10.8 Å². The summed E-state index contributed by atoms with van der Waals surface area (Å²) in [4.78, 5) is 24.0. The Balaban J connectivity index is 4.24. The largest absolute Gasteiger partial charge is 0.480 e. The Hall–Kier alpha value is -0.400. The van der Waals surface area contributed by atoms with Crippen molar-refractivity contribution in [2.75, 3.05) is 24.6 Å². The molecular formula is C10H20N2O3S2. The summed E-state index contributed by atoms with van der Waals surface area (Å²) in [5.41, 5.74) is 5.34. The number of amides is 1. The fourth-order valence-corrected chi connectivity index (χ4v) is 1.57. The lowest BCUT2D eigenvalue weighted by atomic mass is 10.2. The number of nitrogens with two attached hydrogens (primary N) is 1. The first-order valence-corrected chi connectivity index (χ1v) is 6.77. The van der Waals surface area contributed by atoms with Gasteiger partial charge in [-0.25, -0.2) is 0 Å². The topological polar surface area (TPSA) is 83.6 Å². The average molecular weight is 280 g/mol. The maximum atomic E-state index is 11.8. The molecule has 0 fully saturated rings. The van der Waals surface area contributed by atoms with Crippen molar-refractivity contribution in [3.8, 4) is 0 Å². The molecule has 0 saturated carbocycles. The number of aliphatic carboxylic acids is 1. The summed E-state index contributed by atoms with van der Waals surface area (Å²) in [7, 11) is 0. The Morgan fingerprint density at radius 3 is 2.00 bits per heavy atom. The van der Waals surface area contributed by atoms with Gasteiger partial charge in [0, 0.05) is 13.1 Å². The van der Waals surface area contributed by atoms with E-state index in [0.29, 0.717) is 24.6 Å². The molecule has 17 heavy (non-hydrogen) atoms. The summed E-state index contributed by atoms with van der Waals surface area (Å²) in [6.07, 6.45) is 1.40. The van der Waals surface area contributed by atoms with E-state index >= 15 is 0 Å². The van der Waals surface area contributed by atoms with Crippen LogP contribution in [0.4, 0.5) is 0 Å². The van der Waals surface area contributed by atoms with Gasteiger partial charge in [-0.15, -0.1) is 0 Å². The molecule has 3 N–H and O–H groups in total. The minimum absolute atomic E-state index is 0.158. The number of rotatable bonds is 9. The number of carboxylic acids is 1. The molecule has 0 saturated heterocycles. The van der Waals surface area contributed by atoms with Crippen molar-refractivity contribution in [3.05, 3.63) is 0 Å². The van der Waals surface area contributed by atoms with Crippen LogP contribution in [0.5, 0.6) is 0 Å². The van der Waals surface area contributed by atoms with Crippen molar-refractivity contribution in [2.45, 2.75) is 25.3 Å². The van der Waals surface area contributed by atoms with E-state index in [1.54, 1.807) is 4.90 Å². The summed E-state index contributed by atoms with van der Waals surface area (Å²) in [6, 6.07) is -1.13. The second kappa shape index (κ2) is 9.61. The fraction of sp³-hybridized carbons (Fsp3) is 0.800. The monoisotopic (exact) mass is 280 g/mol. The molecule has 0 aromatic rings. The van der Waals surface area contributed by atoms with E-state index < -0.39 is 12.0 Å². The molecule has 0 heterocycles. The van der Waals surface area contributed by atoms with Gasteiger partial charge in [0.05, 0.1) is 6.42 Å². The predicted molar refractivity (Wildman–Crippen MR) is 73.7 cm³/mol. The summed E-state index contributed by atoms with van der Waals surface area (Å²) >= 11 is 8.17. The zero-order valence-electron chi connectivity index (χ0n) is 9.71. The first-order chi connectivity index (χ1) is 8.02. The van der Waals surface area contributed by atoms with Gasteiger partial charge < -0.3 is 15.7 Å². The molecule has 100 valence electrons. The molecule has 5 nitrogen and oxygen atoms in total. The molecule has 0 aromatic carbocycles. The lowest BCUT2D eigenvalue weighted by molar-refractivity contribution is -0.142. The van der Waals surface area contributed by atoms with E-state index in [0.717, 1.165) is 12.8 Å². The van der Waals surface area contributed by atoms with Crippen molar-refractivity contribution in [1.82, 2.24) is 4.90 Å². The molecular weight excluding hydrogens is 260 g/mol. The Bertz CT molecular complexity index is 244. The van der Waals surface area contributed by atoms with E-state index in [9.17, 15) is 9.59 Å². The van der Waals surface area contributed by atoms with Crippen molar-refractivity contribution < 1.29 is 14.7 Å². The summed E-state index contributed by atoms with van der Waals surface area (Å²) in [5.74, 6) is 0.0100. The van der Waals surface area contributed by atoms with Crippen LogP contribution in [0.25, 0.3) is 0 Å². The predicted octanol–water partition coefficient (Wildman–Crippen LogP) is 0.257. The zero-order valence-corrected chi connectivity index (χ0v) is 11.5. The normalized spacial score (nSPS) is 12.2. The number of hydrogen-bond donors (Lipinski definition) is 4. The van der Waals surface area contributed by atoms with Gasteiger partial charge in [-0.2, -0.15) is 25.3 Å². The second-order valence-corrected chi connectivity index (χ2v) is 4.58. The first-order valence-electron chi connectivity index (χ1n) is 5.50. The molecule has 0 spiro atoms. The lowest BCUT2D eigenvalue weighted by Gasteiger charge is -2.23. The van der Waals surface area contributed by atoms with Gasteiger partial charge in [-0.1, -0.05) is 0 Å². The molecule has 0 aliphatic heterocycles. The molecule has 1 amide bonds. The van der Waals surface area contributed by atoms with Gasteiger partial charge in [-0.3, -0.25) is 9.59 Å². The van der Waals surface area contributed by atoms with Crippen LogP contribution < -0.4 is 5.73 Å². The molecule has 1 atom stereocenters. The first kappa shape index (κ1) is 16.6. The van der Waals surface area contributed by atoms with Gasteiger partial charge in [0.1, 0.15) is 6.04 Å². The fourth-order valence-electron chi connectivity index (χ4n) is 1.29. The minimum atomic E-state index is -1.15. The highest BCUT2D eigenvalue weighted by molar-refractivity contribution is 7.80. The Morgan fingerprint density at radius 2 is 1.65 bits per heavy atom. The lowest BCUT2D eigenvalue weighted by Crippen LogP contribution is -2.40. The van der Waals surface area contributed by atoms with Crippen LogP contribution in [0.15, 0.2) is 0 Å². The molecule has 7 heteroatoms. The summed E-state index contributed by atoms with van der Waals surface area (Å²) in [6.45, 7) is 1.17. The number of carboxylic acid groups (broad SMARTS) is 1. The molecule has 0 aliphatic rings. The Labute approximate surface area is 113 Å².